The first-order valence-electron chi connectivity index (χ1n) is 7.15. The Hall–Kier alpha value is -2.76. The van der Waals surface area contributed by atoms with Crippen molar-refractivity contribution in [2.75, 3.05) is 0 Å². The van der Waals surface area contributed by atoms with E-state index >= 15 is 0 Å². The van der Waals surface area contributed by atoms with E-state index in [1.165, 1.54) is 0 Å². The van der Waals surface area contributed by atoms with E-state index in [-0.39, 0.29) is 11.9 Å². The van der Waals surface area contributed by atoms with Crippen LogP contribution in [0, 0.1) is 6.92 Å². The lowest BCUT2D eigenvalue weighted by Crippen LogP contribution is -2.34. The van der Waals surface area contributed by atoms with E-state index in [2.05, 4.69) is 25.7 Å². The largest absolute Gasteiger partial charge is 0.349 e. The zero-order valence-corrected chi connectivity index (χ0v) is 12.5. The van der Waals surface area contributed by atoms with Gasteiger partial charge in [-0.3, -0.25) is 9.78 Å². The van der Waals surface area contributed by atoms with E-state index in [9.17, 15) is 4.79 Å². The van der Waals surface area contributed by atoms with Gasteiger partial charge in [0.2, 0.25) is 0 Å². The second-order valence-corrected chi connectivity index (χ2v) is 5.37. The number of hydrogen-bond donors (Lipinski definition) is 2. The molecule has 2 heterocycles. The van der Waals surface area contributed by atoms with Crippen molar-refractivity contribution < 1.29 is 4.79 Å². The molecule has 0 aliphatic carbocycles. The number of nitrogens with one attached hydrogen (secondary N) is 2. The van der Waals surface area contributed by atoms with E-state index < -0.39 is 0 Å². The highest BCUT2D eigenvalue weighted by atomic mass is 16.1. The van der Waals surface area contributed by atoms with Crippen molar-refractivity contribution >= 4 is 16.9 Å². The smallest absolute Gasteiger partial charge is 0.251 e. The third-order valence-electron chi connectivity index (χ3n) is 3.57. The Morgan fingerprint density at radius 1 is 1.27 bits per heavy atom. The standard InChI is InChI=1S/C16H17N5O/c1-10-4-3-7-17-14(10)8-11(2)18-16(22)12-5-6-13-15(9-12)20-21-19-13/h3-7,9,11H,8H2,1-2H3,(H,18,22)(H,19,20,21)/t11-/m1/s1. The molecule has 3 aromatic rings. The van der Waals surface area contributed by atoms with Crippen LogP contribution in [-0.2, 0) is 6.42 Å². The van der Waals surface area contributed by atoms with E-state index in [4.69, 9.17) is 0 Å². The monoisotopic (exact) mass is 295 g/mol. The topological polar surface area (TPSA) is 83.6 Å². The molecule has 6 nitrogen and oxygen atoms in total. The molecule has 0 aliphatic rings. The highest BCUT2D eigenvalue weighted by molar-refractivity contribution is 5.97. The highest BCUT2D eigenvalue weighted by Gasteiger charge is 2.13. The summed E-state index contributed by atoms with van der Waals surface area (Å²) >= 11 is 0. The second kappa shape index (κ2) is 5.93. The number of H-pyrrole nitrogens is 1. The van der Waals surface area contributed by atoms with Crippen LogP contribution in [0.5, 0.6) is 0 Å². The van der Waals surface area contributed by atoms with Crippen LogP contribution in [0.3, 0.4) is 0 Å². The SMILES string of the molecule is Cc1cccnc1C[C@@H](C)NC(=O)c1ccc2n[nH]nc2c1. The molecule has 2 aromatic heterocycles. The van der Waals surface area contributed by atoms with Crippen LogP contribution in [0.15, 0.2) is 36.5 Å². The molecule has 0 spiro atoms. The molecular weight excluding hydrogens is 278 g/mol. The number of fused-ring (bicyclic) bond motifs is 1. The van der Waals surface area contributed by atoms with Crippen molar-refractivity contribution in [3.05, 3.63) is 53.3 Å². The van der Waals surface area contributed by atoms with E-state index in [0.29, 0.717) is 17.5 Å². The summed E-state index contributed by atoms with van der Waals surface area (Å²) in [7, 11) is 0. The molecule has 6 heteroatoms. The number of rotatable bonds is 4. The van der Waals surface area contributed by atoms with Crippen molar-refractivity contribution in [3.63, 3.8) is 0 Å². The van der Waals surface area contributed by atoms with Gasteiger partial charge in [0.25, 0.3) is 5.91 Å². The molecule has 112 valence electrons. The predicted molar refractivity (Wildman–Crippen MR) is 83.5 cm³/mol. The summed E-state index contributed by atoms with van der Waals surface area (Å²) in [6.45, 7) is 4.00. The number of carbonyl (C=O) groups is 1. The third-order valence-corrected chi connectivity index (χ3v) is 3.57. The molecule has 0 radical (unpaired) electrons. The summed E-state index contributed by atoms with van der Waals surface area (Å²) in [5, 5.41) is 13.5. The summed E-state index contributed by atoms with van der Waals surface area (Å²) in [4.78, 5) is 16.7. The molecule has 0 fully saturated rings. The fourth-order valence-corrected chi connectivity index (χ4v) is 2.36. The molecule has 1 atom stereocenters. The number of nitrogens with zero attached hydrogens (tertiary/aromatic N) is 3. The number of pyridine rings is 1. The summed E-state index contributed by atoms with van der Waals surface area (Å²) < 4.78 is 0. The minimum atomic E-state index is -0.119. The minimum Gasteiger partial charge on any atom is -0.349 e. The summed E-state index contributed by atoms with van der Waals surface area (Å²) in [6.07, 6.45) is 2.47. The number of amides is 1. The van der Waals surface area contributed by atoms with Crippen molar-refractivity contribution in [3.8, 4) is 0 Å². The Bertz CT molecular complexity index is 811. The van der Waals surface area contributed by atoms with Gasteiger partial charge >= 0.3 is 0 Å². The number of aryl methyl sites for hydroxylation is 1. The molecule has 3 rings (SSSR count). The first-order valence-corrected chi connectivity index (χ1v) is 7.15. The van der Waals surface area contributed by atoms with Crippen LogP contribution < -0.4 is 5.32 Å². The number of hydrogen-bond acceptors (Lipinski definition) is 4. The summed E-state index contributed by atoms with van der Waals surface area (Å²) in [6, 6.07) is 9.19. The van der Waals surface area contributed by atoms with Crippen LogP contribution in [0.4, 0.5) is 0 Å². The molecule has 0 unspecified atom stereocenters. The van der Waals surface area contributed by atoms with Crippen LogP contribution in [0.2, 0.25) is 0 Å². The summed E-state index contributed by atoms with van der Waals surface area (Å²) in [5.41, 5.74) is 4.13. The molecule has 0 saturated carbocycles. The minimum absolute atomic E-state index is 0.00546. The van der Waals surface area contributed by atoms with Gasteiger partial charge in [-0.15, -0.1) is 0 Å². The van der Waals surface area contributed by atoms with Gasteiger partial charge in [-0.25, -0.2) is 0 Å². The van der Waals surface area contributed by atoms with E-state index in [1.807, 2.05) is 26.0 Å². The Morgan fingerprint density at radius 2 is 2.09 bits per heavy atom. The zero-order valence-electron chi connectivity index (χ0n) is 12.5. The van der Waals surface area contributed by atoms with Crippen molar-refractivity contribution in [1.82, 2.24) is 25.7 Å². The zero-order chi connectivity index (χ0) is 15.5. The van der Waals surface area contributed by atoms with Gasteiger partial charge in [0.15, 0.2) is 0 Å². The Kier molecular flexibility index (Phi) is 3.82. The molecule has 1 amide bonds. The Labute approximate surface area is 128 Å². The van der Waals surface area contributed by atoms with Gasteiger partial charge in [0, 0.05) is 29.9 Å². The van der Waals surface area contributed by atoms with Gasteiger partial charge in [-0.05, 0) is 43.7 Å². The average Bonchev–Trinajstić information content (AvgIpc) is 2.97. The molecule has 0 saturated heterocycles. The van der Waals surface area contributed by atoms with Crippen molar-refractivity contribution in [2.24, 2.45) is 0 Å². The Morgan fingerprint density at radius 3 is 2.91 bits per heavy atom. The maximum absolute atomic E-state index is 12.3. The van der Waals surface area contributed by atoms with Crippen molar-refractivity contribution in [1.29, 1.82) is 0 Å². The lowest BCUT2D eigenvalue weighted by atomic mass is 10.1. The van der Waals surface area contributed by atoms with Crippen LogP contribution in [0.25, 0.3) is 11.0 Å². The normalized spacial score (nSPS) is 12.3. The van der Waals surface area contributed by atoms with Gasteiger partial charge in [0.05, 0.1) is 0 Å². The van der Waals surface area contributed by atoms with Crippen LogP contribution in [0.1, 0.15) is 28.5 Å². The second-order valence-electron chi connectivity index (χ2n) is 5.37. The maximum atomic E-state index is 12.3. The fraction of sp³-hybridized carbons (Fsp3) is 0.250. The number of aromatic nitrogens is 4. The van der Waals surface area contributed by atoms with Gasteiger partial charge in [-0.1, -0.05) is 6.07 Å². The lowest BCUT2D eigenvalue weighted by molar-refractivity contribution is 0.0940. The fourth-order valence-electron chi connectivity index (χ4n) is 2.36. The third kappa shape index (κ3) is 2.95. The predicted octanol–water partition coefficient (Wildman–Crippen LogP) is 2.02. The molecule has 22 heavy (non-hydrogen) atoms. The molecule has 1 aromatic carbocycles. The molecule has 0 aliphatic heterocycles. The highest BCUT2D eigenvalue weighted by Crippen LogP contribution is 2.11. The van der Waals surface area contributed by atoms with Gasteiger partial charge in [-0.2, -0.15) is 15.4 Å². The number of benzene rings is 1. The van der Waals surface area contributed by atoms with E-state index in [1.54, 1.807) is 24.4 Å². The van der Waals surface area contributed by atoms with E-state index in [0.717, 1.165) is 16.8 Å². The lowest BCUT2D eigenvalue weighted by Gasteiger charge is -2.14. The maximum Gasteiger partial charge on any atom is 0.251 e. The molecular formula is C16H17N5O. The van der Waals surface area contributed by atoms with Gasteiger partial charge in [0.1, 0.15) is 11.0 Å². The summed E-state index contributed by atoms with van der Waals surface area (Å²) in [5.74, 6) is -0.119. The number of aromatic amines is 1. The Balaban J connectivity index is 1.69. The first-order chi connectivity index (χ1) is 10.6. The average molecular weight is 295 g/mol. The number of carbonyl (C=O) groups excluding carboxylic acids is 1. The van der Waals surface area contributed by atoms with Crippen molar-refractivity contribution in [2.45, 2.75) is 26.3 Å². The molecule has 2 N–H and O–H groups in total. The van der Waals surface area contributed by atoms with Gasteiger partial charge < -0.3 is 5.32 Å². The van der Waals surface area contributed by atoms with Crippen LogP contribution in [-0.4, -0.2) is 32.3 Å². The molecule has 0 bridgehead atoms. The quantitative estimate of drug-likeness (QED) is 0.771. The first kappa shape index (κ1) is 14.2. The van der Waals surface area contributed by atoms with Crippen LogP contribution >= 0.6 is 0 Å².